The highest BCUT2D eigenvalue weighted by Crippen LogP contribution is 2.43. The zero-order valence-electron chi connectivity index (χ0n) is 16.0. The van der Waals surface area contributed by atoms with Crippen LogP contribution in [0, 0.1) is 5.92 Å². The fourth-order valence-corrected chi connectivity index (χ4v) is 5.20. The number of H-pyrrole nitrogens is 1. The highest BCUT2D eigenvalue weighted by Gasteiger charge is 2.33. The van der Waals surface area contributed by atoms with Gasteiger partial charge in [0.2, 0.25) is 0 Å². The van der Waals surface area contributed by atoms with E-state index < -0.39 is 0 Å². The van der Waals surface area contributed by atoms with Gasteiger partial charge in [0.05, 0.1) is 0 Å². The number of rotatable bonds is 4. The first kappa shape index (κ1) is 17.7. The number of aromatic amines is 1. The molecule has 2 N–H and O–H groups in total. The quantitative estimate of drug-likeness (QED) is 0.723. The van der Waals surface area contributed by atoms with Crippen LogP contribution in [0.15, 0.2) is 48.5 Å². The highest BCUT2D eigenvalue weighted by molar-refractivity contribution is 5.94. The minimum atomic E-state index is -0.317. The second-order valence-electron chi connectivity index (χ2n) is 8.10. The zero-order chi connectivity index (χ0) is 19.1. The summed E-state index contributed by atoms with van der Waals surface area (Å²) in [5.41, 5.74) is 6.60. The summed E-state index contributed by atoms with van der Waals surface area (Å²) in [5, 5.41) is 10.5. The lowest BCUT2D eigenvalue weighted by molar-refractivity contribution is -0.127. The van der Waals surface area contributed by atoms with Crippen molar-refractivity contribution in [2.45, 2.75) is 31.7 Å². The van der Waals surface area contributed by atoms with Gasteiger partial charge in [-0.3, -0.25) is 9.69 Å². The molecule has 1 atom stereocenters. The minimum absolute atomic E-state index is 0.00539. The molecule has 2 aromatic carbocycles. The van der Waals surface area contributed by atoms with Crippen LogP contribution in [0.1, 0.15) is 36.4 Å². The Bertz CT molecular complexity index is 1000. The predicted octanol–water partition coefficient (Wildman–Crippen LogP) is 4.10. The van der Waals surface area contributed by atoms with Gasteiger partial charge >= 0.3 is 0 Å². The van der Waals surface area contributed by atoms with Crippen LogP contribution < -0.4 is 0 Å². The lowest BCUT2D eigenvalue weighted by atomic mass is 9.84. The number of hydrogen-bond acceptors (Lipinski definition) is 3. The van der Waals surface area contributed by atoms with E-state index in [1.54, 1.807) is 0 Å². The Balaban J connectivity index is 1.48. The van der Waals surface area contributed by atoms with E-state index in [9.17, 15) is 4.79 Å². The first-order valence-electron chi connectivity index (χ1n) is 10.3. The molecular formula is C24H26N2O2. The standard InChI is InChI=1S/C24H26N2O2/c27-15-22(28)16-11-13-26(14-12-16)21-10-9-19-23-18(21)7-4-8-20(23)25-24(19)17-5-2-1-3-6-17/h1-8,16,21,25,27H,9-15H2. The van der Waals surface area contributed by atoms with E-state index in [4.69, 9.17) is 5.11 Å². The molecule has 0 bridgehead atoms. The van der Waals surface area contributed by atoms with Gasteiger partial charge in [-0.1, -0.05) is 42.5 Å². The molecule has 3 aromatic rings. The van der Waals surface area contributed by atoms with Crippen LogP contribution in [0.5, 0.6) is 0 Å². The van der Waals surface area contributed by atoms with Gasteiger partial charge in [0.15, 0.2) is 5.78 Å². The maximum absolute atomic E-state index is 11.8. The van der Waals surface area contributed by atoms with Crippen molar-refractivity contribution in [1.29, 1.82) is 0 Å². The largest absolute Gasteiger partial charge is 0.389 e. The number of ketones is 1. The summed E-state index contributed by atoms with van der Waals surface area (Å²) >= 11 is 0. The Morgan fingerprint density at radius 1 is 1.04 bits per heavy atom. The van der Waals surface area contributed by atoms with Gasteiger partial charge in [-0.25, -0.2) is 0 Å². The van der Waals surface area contributed by atoms with Crippen molar-refractivity contribution in [3.63, 3.8) is 0 Å². The molecule has 2 heterocycles. The lowest BCUT2D eigenvalue weighted by Gasteiger charge is -2.39. The number of aryl methyl sites for hydroxylation is 1. The van der Waals surface area contributed by atoms with Crippen molar-refractivity contribution in [2.75, 3.05) is 19.7 Å². The van der Waals surface area contributed by atoms with Crippen LogP contribution in [-0.4, -0.2) is 40.5 Å². The van der Waals surface area contributed by atoms with Crippen LogP contribution in [0.25, 0.3) is 22.2 Å². The minimum Gasteiger partial charge on any atom is -0.389 e. The molecule has 1 saturated heterocycles. The zero-order valence-corrected chi connectivity index (χ0v) is 16.0. The fourth-order valence-electron chi connectivity index (χ4n) is 5.20. The van der Waals surface area contributed by atoms with Crippen molar-refractivity contribution in [3.05, 3.63) is 59.7 Å². The number of piperidine rings is 1. The van der Waals surface area contributed by atoms with Gasteiger partial charge in [-0.05, 0) is 61.5 Å². The maximum atomic E-state index is 11.8. The van der Waals surface area contributed by atoms with Gasteiger partial charge in [0.25, 0.3) is 0 Å². The molecule has 2 aliphatic rings. The molecule has 1 fully saturated rings. The monoisotopic (exact) mass is 374 g/mol. The molecule has 1 aromatic heterocycles. The number of likely N-dealkylation sites (tertiary alicyclic amines) is 1. The Morgan fingerprint density at radius 3 is 2.57 bits per heavy atom. The van der Waals surface area contributed by atoms with Crippen molar-refractivity contribution in [2.24, 2.45) is 5.92 Å². The van der Waals surface area contributed by atoms with E-state index in [1.807, 2.05) is 0 Å². The topological polar surface area (TPSA) is 56.3 Å². The van der Waals surface area contributed by atoms with E-state index in [0.717, 1.165) is 38.8 Å². The number of aliphatic hydroxyl groups excluding tert-OH is 1. The molecule has 4 heteroatoms. The summed E-state index contributed by atoms with van der Waals surface area (Å²) in [4.78, 5) is 18.1. The van der Waals surface area contributed by atoms with Crippen LogP contribution in [0.3, 0.4) is 0 Å². The molecule has 0 saturated carbocycles. The van der Waals surface area contributed by atoms with Crippen molar-refractivity contribution < 1.29 is 9.90 Å². The summed E-state index contributed by atoms with van der Waals surface area (Å²) in [6.45, 7) is 1.55. The van der Waals surface area contributed by atoms with Gasteiger partial charge < -0.3 is 10.1 Å². The van der Waals surface area contributed by atoms with Gasteiger partial charge in [-0.15, -0.1) is 0 Å². The first-order valence-corrected chi connectivity index (χ1v) is 10.3. The van der Waals surface area contributed by atoms with E-state index in [0.29, 0.717) is 6.04 Å². The molecule has 0 amide bonds. The fraction of sp³-hybridized carbons (Fsp3) is 0.375. The van der Waals surface area contributed by atoms with Crippen molar-refractivity contribution >= 4 is 16.7 Å². The number of carbonyl (C=O) groups excluding carboxylic acids is 1. The average Bonchev–Trinajstić information content (AvgIpc) is 3.15. The number of aliphatic hydroxyl groups is 1. The second kappa shape index (κ2) is 7.19. The number of benzene rings is 2. The number of nitrogens with one attached hydrogen (secondary N) is 1. The molecule has 1 aliphatic heterocycles. The number of nitrogens with zero attached hydrogens (tertiary/aromatic N) is 1. The molecule has 28 heavy (non-hydrogen) atoms. The normalized spacial score (nSPS) is 20.5. The third kappa shape index (κ3) is 2.88. The average molecular weight is 374 g/mol. The number of aromatic nitrogens is 1. The predicted molar refractivity (Wildman–Crippen MR) is 111 cm³/mol. The van der Waals surface area contributed by atoms with E-state index in [1.165, 1.54) is 33.3 Å². The van der Waals surface area contributed by atoms with Gasteiger partial charge in [-0.2, -0.15) is 0 Å². The Morgan fingerprint density at radius 2 is 1.82 bits per heavy atom. The highest BCUT2D eigenvalue weighted by atomic mass is 16.3. The van der Waals surface area contributed by atoms with Gasteiger partial charge in [0.1, 0.15) is 6.61 Å². The number of carbonyl (C=O) groups is 1. The Hall–Kier alpha value is -2.43. The van der Waals surface area contributed by atoms with Crippen molar-refractivity contribution in [1.82, 2.24) is 9.88 Å². The third-order valence-corrected chi connectivity index (χ3v) is 6.63. The summed E-state index contributed by atoms with van der Waals surface area (Å²) in [6, 6.07) is 17.6. The van der Waals surface area contributed by atoms with Crippen molar-refractivity contribution in [3.8, 4) is 11.3 Å². The molecular weight excluding hydrogens is 348 g/mol. The maximum Gasteiger partial charge on any atom is 0.161 e. The SMILES string of the molecule is O=C(CO)C1CCN(C2CCc3c(-c4ccccc4)[nH]c4cccc2c34)CC1. The first-order chi connectivity index (χ1) is 13.8. The summed E-state index contributed by atoms with van der Waals surface area (Å²) in [5.74, 6) is 0.0407. The summed E-state index contributed by atoms with van der Waals surface area (Å²) in [7, 11) is 0. The molecule has 0 spiro atoms. The van der Waals surface area contributed by atoms with E-state index in [-0.39, 0.29) is 18.3 Å². The smallest absolute Gasteiger partial charge is 0.161 e. The van der Waals surface area contributed by atoms with Crippen LogP contribution in [0.2, 0.25) is 0 Å². The molecule has 144 valence electrons. The molecule has 5 rings (SSSR count). The van der Waals surface area contributed by atoms with Crippen LogP contribution in [0.4, 0.5) is 0 Å². The molecule has 1 unspecified atom stereocenters. The van der Waals surface area contributed by atoms with Crippen LogP contribution in [-0.2, 0) is 11.2 Å². The van der Waals surface area contributed by atoms with Crippen LogP contribution >= 0.6 is 0 Å². The molecule has 1 aliphatic carbocycles. The lowest BCUT2D eigenvalue weighted by Crippen LogP contribution is -2.40. The summed E-state index contributed by atoms with van der Waals surface area (Å²) in [6.07, 6.45) is 3.91. The van der Waals surface area contributed by atoms with E-state index >= 15 is 0 Å². The Labute approximate surface area is 165 Å². The number of hydrogen-bond donors (Lipinski definition) is 2. The number of Topliss-reactive ketones (excluding diaryl/α,β-unsaturated/α-hetero) is 1. The third-order valence-electron chi connectivity index (χ3n) is 6.63. The molecule has 4 nitrogen and oxygen atoms in total. The Kier molecular flexibility index (Phi) is 4.53. The summed E-state index contributed by atoms with van der Waals surface area (Å²) < 4.78 is 0. The van der Waals surface area contributed by atoms with Gasteiger partial charge in [0, 0.05) is 28.6 Å². The molecule has 0 radical (unpaired) electrons. The second-order valence-corrected chi connectivity index (χ2v) is 8.10. The van der Waals surface area contributed by atoms with E-state index in [2.05, 4.69) is 58.4 Å².